The molecule has 1 heterocycles. The lowest BCUT2D eigenvalue weighted by Gasteiger charge is -2.14. The maximum Gasteiger partial charge on any atom is 0.127 e. The highest BCUT2D eigenvalue weighted by molar-refractivity contribution is 5.16. The van der Waals surface area contributed by atoms with Crippen molar-refractivity contribution in [3.05, 3.63) is 24.4 Å². The maximum atomic E-state index is 5.29. The largest absolute Gasteiger partial charge is 0.466 e. The van der Waals surface area contributed by atoms with Gasteiger partial charge in [0.15, 0.2) is 0 Å². The molecule has 0 aromatic heterocycles. The summed E-state index contributed by atoms with van der Waals surface area (Å²) in [5.74, 6) is 1.02. The van der Waals surface area contributed by atoms with Gasteiger partial charge in [0.2, 0.25) is 0 Å². The highest BCUT2D eigenvalue weighted by Crippen LogP contribution is 2.51. The molecule has 0 bridgehead atoms. The van der Waals surface area contributed by atoms with E-state index >= 15 is 0 Å². The molecule has 53 valence electrons. The Labute approximate surface area is 60.6 Å². The third-order valence-corrected chi connectivity index (χ3v) is 2.13. The van der Waals surface area contributed by atoms with Crippen LogP contribution in [0.2, 0.25) is 0 Å². The number of hydrogen-bond acceptors (Lipinski definition) is 1. The van der Waals surface area contributed by atoms with E-state index < -0.39 is 0 Å². The van der Waals surface area contributed by atoms with E-state index in [0.717, 1.165) is 5.76 Å². The van der Waals surface area contributed by atoms with E-state index in [2.05, 4.69) is 12.2 Å². The van der Waals surface area contributed by atoms with Crippen molar-refractivity contribution in [1.29, 1.82) is 0 Å². The molecule has 2 heteroatoms. The second kappa shape index (κ2) is 1.78. The minimum Gasteiger partial charge on any atom is -0.466 e. The SMILES string of the molecule is CC1(C2=C[N]C=CO2)CC1. The highest BCUT2D eigenvalue weighted by Gasteiger charge is 2.43. The second-order valence-electron chi connectivity index (χ2n) is 3.11. The molecule has 1 fully saturated rings. The molecule has 1 saturated carbocycles. The van der Waals surface area contributed by atoms with E-state index in [4.69, 9.17) is 4.74 Å². The Morgan fingerprint density at radius 1 is 1.60 bits per heavy atom. The molecule has 2 aliphatic rings. The molecule has 0 saturated heterocycles. The van der Waals surface area contributed by atoms with Crippen LogP contribution in [-0.4, -0.2) is 0 Å². The molecule has 0 aromatic rings. The molecular formula is C8H10NO. The number of allylic oxidation sites excluding steroid dienone is 1. The summed E-state index contributed by atoms with van der Waals surface area (Å²) in [6.45, 7) is 2.20. The summed E-state index contributed by atoms with van der Waals surface area (Å²) in [6, 6.07) is 0. The normalized spacial score (nSPS) is 26.3. The van der Waals surface area contributed by atoms with Crippen LogP contribution >= 0.6 is 0 Å². The molecule has 1 radical (unpaired) electrons. The summed E-state index contributed by atoms with van der Waals surface area (Å²) in [5.41, 5.74) is 0.314. The molecule has 1 aliphatic carbocycles. The van der Waals surface area contributed by atoms with Crippen LogP contribution in [-0.2, 0) is 4.74 Å². The van der Waals surface area contributed by atoms with E-state index in [1.54, 1.807) is 12.5 Å². The fraction of sp³-hybridized carbons (Fsp3) is 0.500. The first-order valence-electron chi connectivity index (χ1n) is 3.54. The molecule has 0 N–H and O–H groups in total. The van der Waals surface area contributed by atoms with Crippen LogP contribution in [0, 0.1) is 5.41 Å². The third kappa shape index (κ3) is 0.801. The van der Waals surface area contributed by atoms with Crippen molar-refractivity contribution in [2.45, 2.75) is 19.8 Å². The average molecular weight is 136 g/mol. The molecule has 0 amide bonds. The Morgan fingerprint density at radius 3 is 2.90 bits per heavy atom. The fourth-order valence-corrected chi connectivity index (χ4v) is 1.01. The van der Waals surface area contributed by atoms with E-state index in [1.807, 2.05) is 6.20 Å². The lowest BCUT2D eigenvalue weighted by Crippen LogP contribution is -2.06. The van der Waals surface area contributed by atoms with Gasteiger partial charge in [0, 0.05) is 5.41 Å². The van der Waals surface area contributed by atoms with Crippen molar-refractivity contribution >= 4 is 0 Å². The molecule has 10 heavy (non-hydrogen) atoms. The number of ether oxygens (including phenoxy) is 1. The van der Waals surface area contributed by atoms with Gasteiger partial charge in [-0.25, -0.2) is 0 Å². The third-order valence-electron chi connectivity index (χ3n) is 2.13. The Morgan fingerprint density at radius 2 is 2.40 bits per heavy atom. The molecule has 1 aliphatic heterocycles. The van der Waals surface area contributed by atoms with Gasteiger partial charge >= 0.3 is 0 Å². The van der Waals surface area contributed by atoms with Crippen LogP contribution < -0.4 is 5.32 Å². The van der Waals surface area contributed by atoms with Gasteiger partial charge < -0.3 is 4.74 Å². The van der Waals surface area contributed by atoms with Crippen LogP contribution in [0.3, 0.4) is 0 Å². The molecule has 0 atom stereocenters. The van der Waals surface area contributed by atoms with E-state index in [9.17, 15) is 0 Å². The summed E-state index contributed by atoms with van der Waals surface area (Å²) in [5, 5.41) is 4.00. The minimum atomic E-state index is 0.314. The van der Waals surface area contributed by atoms with Crippen molar-refractivity contribution < 1.29 is 4.74 Å². The van der Waals surface area contributed by atoms with Gasteiger partial charge in [-0.1, -0.05) is 6.92 Å². The Bertz CT molecular complexity index is 201. The second-order valence-corrected chi connectivity index (χ2v) is 3.11. The average Bonchev–Trinajstić information content (AvgIpc) is 2.72. The first-order chi connectivity index (χ1) is 4.81. The first-order valence-corrected chi connectivity index (χ1v) is 3.54. The van der Waals surface area contributed by atoms with Crippen LogP contribution in [0.4, 0.5) is 0 Å². The predicted molar refractivity (Wildman–Crippen MR) is 37.8 cm³/mol. The quantitative estimate of drug-likeness (QED) is 0.538. The number of rotatable bonds is 1. The Kier molecular flexibility index (Phi) is 1.04. The molecule has 2 rings (SSSR count). The lowest BCUT2D eigenvalue weighted by molar-refractivity contribution is 0.275. The van der Waals surface area contributed by atoms with Crippen LogP contribution in [0.25, 0.3) is 0 Å². The van der Waals surface area contributed by atoms with Crippen LogP contribution in [0.1, 0.15) is 19.8 Å². The van der Waals surface area contributed by atoms with Crippen molar-refractivity contribution in [3.63, 3.8) is 0 Å². The van der Waals surface area contributed by atoms with E-state index in [-0.39, 0.29) is 0 Å². The van der Waals surface area contributed by atoms with Crippen molar-refractivity contribution in [1.82, 2.24) is 5.32 Å². The van der Waals surface area contributed by atoms with Crippen molar-refractivity contribution in [2.75, 3.05) is 0 Å². The molecule has 0 aromatic carbocycles. The molecule has 0 spiro atoms. The summed E-state index contributed by atoms with van der Waals surface area (Å²) < 4.78 is 5.29. The minimum absolute atomic E-state index is 0.314. The Hall–Kier alpha value is -0.920. The van der Waals surface area contributed by atoms with Crippen molar-refractivity contribution in [2.24, 2.45) is 5.41 Å². The van der Waals surface area contributed by atoms with Crippen LogP contribution in [0.15, 0.2) is 24.4 Å². The monoisotopic (exact) mass is 136 g/mol. The predicted octanol–water partition coefficient (Wildman–Crippen LogP) is 1.73. The summed E-state index contributed by atoms with van der Waals surface area (Å²) in [6.07, 6.45) is 7.59. The van der Waals surface area contributed by atoms with Gasteiger partial charge in [0.05, 0.1) is 12.4 Å². The van der Waals surface area contributed by atoms with Crippen LogP contribution in [0.5, 0.6) is 0 Å². The van der Waals surface area contributed by atoms with Gasteiger partial charge in [-0.3, -0.25) is 5.32 Å². The van der Waals surface area contributed by atoms with E-state index in [0.29, 0.717) is 5.41 Å². The topological polar surface area (TPSA) is 23.3 Å². The van der Waals surface area contributed by atoms with Gasteiger partial charge in [-0.2, -0.15) is 0 Å². The number of hydrogen-bond donors (Lipinski definition) is 0. The summed E-state index contributed by atoms with van der Waals surface area (Å²) in [4.78, 5) is 0. The fourth-order valence-electron chi connectivity index (χ4n) is 1.01. The zero-order chi connectivity index (χ0) is 7.03. The standard InChI is InChI=1S/C8H10NO/c1-8(2-3-8)7-6-9-4-5-10-7/h4-6H,2-3H2,1H3. The smallest absolute Gasteiger partial charge is 0.127 e. The van der Waals surface area contributed by atoms with Gasteiger partial charge in [0.25, 0.3) is 0 Å². The van der Waals surface area contributed by atoms with E-state index in [1.165, 1.54) is 12.8 Å². The zero-order valence-corrected chi connectivity index (χ0v) is 6.00. The first kappa shape index (κ1) is 5.83. The molecular weight excluding hydrogens is 126 g/mol. The maximum absolute atomic E-state index is 5.29. The van der Waals surface area contributed by atoms with Gasteiger partial charge in [-0.05, 0) is 12.8 Å². The van der Waals surface area contributed by atoms with Gasteiger partial charge in [-0.15, -0.1) is 0 Å². The van der Waals surface area contributed by atoms with Gasteiger partial charge in [0.1, 0.15) is 12.0 Å². The zero-order valence-electron chi connectivity index (χ0n) is 6.00. The molecule has 2 nitrogen and oxygen atoms in total. The Balaban J connectivity index is 2.11. The summed E-state index contributed by atoms with van der Waals surface area (Å²) in [7, 11) is 0. The highest BCUT2D eigenvalue weighted by atomic mass is 16.5. The number of nitrogens with zero attached hydrogens (tertiary/aromatic N) is 1. The lowest BCUT2D eigenvalue weighted by atomic mass is 10.1. The van der Waals surface area contributed by atoms with Crippen molar-refractivity contribution in [3.8, 4) is 0 Å². The molecule has 0 unspecified atom stereocenters. The summed E-state index contributed by atoms with van der Waals surface area (Å²) >= 11 is 0.